The van der Waals surface area contributed by atoms with Crippen molar-refractivity contribution in [1.29, 1.82) is 10.5 Å². The summed E-state index contributed by atoms with van der Waals surface area (Å²) >= 11 is 0. The largest absolute Gasteiger partial charge is 0.368 e. The highest BCUT2D eigenvalue weighted by Gasteiger charge is 2.30. The van der Waals surface area contributed by atoms with Crippen LogP contribution in [0.4, 0.5) is 0 Å². The number of rotatable bonds is 5. The Morgan fingerprint density at radius 2 is 2.13 bits per heavy atom. The fourth-order valence-electron chi connectivity index (χ4n) is 0.581. The first kappa shape index (κ1) is 13.1. The highest BCUT2D eigenvalue weighted by Crippen LogP contribution is 2.14. The van der Waals surface area contributed by atoms with E-state index in [1.165, 1.54) is 6.92 Å². The fourth-order valence-corrected chi connectivity index (χ4v) is 0.581. The Kier molecular flexibility index (Phi) is 4.97. The third-order valence-corrected chi connectivity index (χ3v) is 1.85. The molecule has 0 bridgehead atoms. The summed E-state index contributed by atoms with van der Waals surface area (Å²) in [4.78, 5) is 10.9. The molecule has 0 radical (unpaired) electrons. The number of nitriles is 2. The van der Waals surface area contributed by atoms with Crippen molar-refractivity contribution in [1.82, 2.24) is 0 Å². The number of carbonyl (C=O) groups excluding carboxylic acids is 1. The van der Waals surface area contributed by atoms with Gasteiger partial charge in [0, 0.05) is 0 Å². The Hall–Kier alpha value is -1.95. The molecule has 6 heteroatoms. The molecule has 0 aliphatic carbocycles. The molecule has 0 spiro atoms. The van der Waals surface area contributed by atoms with Gasteiger partial charge in [-0.2, -0.15) is 20.8 Å². The molecule has 2 atom stereocenters. The molecule has 0 saturated heterocycles. The lowest BCUT2D eigenvalue weighted by Gasteiger charge is -2.12. The second-order valence-corrected chi connectivity index (χ2v) is 3.46. The first-order chi connectivity index (χ1) is 6.96. The van der Waals surface area contributed by atoms with E-state index in [1.807, 2.05) is 6.07 Å². The van der Waals surface area contributed by atoms with E-state index in [-0.39, 0.29) is 19.0 Å². The van der Waals surface area contributed by atoms with Gasteiger partial charge in [0.25, 0.3) is 0 Å². The van der Waals surface area contributed by atoms with Crippen LogP contribution in [0.15, 0.2) is 10.2 Å². The summed E-state index contributed by atoms with van der Waals surface area (Å²) in [5.41, 5.74) is 3.71. The van der Waals surface area contributed by atoms with E-state index >= 15 is 0 Å². The predicted molar refractivity (Wildman–Crippen MR) is 52.3 cm³/mol. The lowest BCUT2D eigenvalue weighted by Crippen LogP contribution is -2.35. The number of primary amides is 1. The number of hydrogen-bond acceptors (Lipinski definition) is 5. The van der Waals surface area contributed by atoms with Crippen molar-refractivity contribution in [3.8, 4) is 12.1 Å². The zero-order valence-electron chi connectivity index (χ0n) is 8.77. The van der Waals surface area contributed by atoms with Crippen molar-refractivity contribution in [3.63, 3.8) is 0 Å². The molecule has 0 aromatic heterocycles. The molecule has 0 aliphatic rings. The summed E-state index contributed by atoms with van der Waals surface area (Å²) in [6, 6.07) is 3.78. The molecule has 15 heavy (non-hydrogen) atoms. The van der Waals surface area contributed by atoms with Crippen LogP contribution in [0.2, 0.25) is 0 Å². The van der Waals surface area contributed by atoms with Crippen LogP contribution in [0.5, 0.6) is 0 Å². The van der Waals surface area contributed by atoms with Crippen LogP contribution in [0.3, 0.4) is 0 Å². The van der Waals surface area contributed by atoms with Crippen LogP contribution in [-0.2, 0) is 4.79 Å². The molecule has 1 amide bonds. The van der Waals surface area contributed by atoms with Crippen LogP contribution >= 0.6 is 0 Å². The zero-order valence-corrected chi connectivity index (χ0v) is 8.77. The molecule has 0 aromatic carbocycles. The van der Waals surface area contributed by atoms with Gasteiger partial charge in [-0.3, -0.25) is 4.79 Å². The summed E-state index contributed by atoms with van der Waals surface area (Å²) in [5.74, 6) is -0.951. The fraction of sp³-hybridized carbons (Fsp3) is 0.667. The van der Waals surface area contributed by atoms with Crippen molar-refractivity contribution < 1.29 is 4.79 Å². The molecule has 0 aromatic rings. The third-order valence-electron chi connectivity index (χ3n) is 1.85. The number of amides is 1. The van der Waals surface area contributed by atoms with Crippen molar-refractivity contribution in [2.45, 2.75) is 13.8 Å². The monoisotopic (exact) mass is 207 g/mol. The minimum Gasteiger partial charge on any atom is -0.368 e. The maximum absolute atomic E-state index is 10.9. The number of nitrogens with zero attached hydrogens (tertiary/aromatic N) is 4. The molecule has 80 valence electrons. The number of carbonyl (C=O) groups is 1. The van der Waals surface area contributed by atoms with Gasteiger partial charge < -0.3 is 5.73 Å². The van der Waals surface area contributed by atoms with Gasteiger partial charge in [-0.05, 0) is 13.8 Å². The summed E-state index contributed by atoms with van der Waals surface area (Å²) in [6.07, 6.45) is 0. The highest BCUT2D eigenvalue weighted by atomic mass is 16.1. The lowest BCUT2D eigenvalue weighted by molar-refractivity contribution is -0.123. The standard InChI is InChI=1S/C9H13N5O/c1-7(3-10)4-13-14-6-9(2,5-11)8(12)15/h7H,4,6H2,1-2H3,(H2,12,15). The first-order valence-electron chi connectivity index (χ1n) is 4.40. The third kappa shape index (κ3) is 4.19. The molecule has 6 nitrogen and oxygen atoms in total. The van der Waals surface area contributed by atoms with Crippen molar-refractivity contribution in [2.24, 2.45) is 27.3 Å². The molecular weight excluding hydrogens is 194 g/mol. The van der Waals surface area contributed by atoms with Crippen LogP contribution < -0.4 is 5.73 Å². The van der Waals surface area contributed by atoms with Crippen LogP contribution in [-0.4, -0.2) is 19.0 Å². The molecule has 2 N–H and O–H groups in total. The maximum atomic E-state index is 10.9. The van der Waals surface area contributed by atoms with E-state index in [0.717, 1.165) is 0 Å². The molecule has 0 aliphatic heterocycles. The van der Waals surface area contributed by atoms with Gasteiger partial charge >= 0.3 is 0 Å². The average molecular weight is 207 g/mol. The minimum absolute atomic E-state index is 0.0724. The zero-order chi connectivity index (χ0) is 11.9. The summed E-state index contributed by atoms with van der Waals surface area (Å²) in [5, 5.41) is 24.5. The van der Waals surface area contributed by atoms with Gasteiger partial charge in [0.05, 0.1) is 31.1 Å². The predicted octanol–water partition coefficient (Wildman–Crippen LogP) is 0.613. The Morgan fingerprint density at radius 1 is 1.53 bits per heavy atom. The van der Waals surface area contributed by atoms with Gasteiger partial charge in [-0.1, -0.05) is 0 Å². The normalized spacial score (nSPS) is 16.3. The SMILES string of the molecule is CC(C#N)CN=NCC(C)(C#N)C(N)=O. The molecular formula is C9H13N5O. The summed E-state index contributed by atoms with van der Waals surface area (Å²) < 4.78 is 0. The van der Waals surface area contributed by atoms with E-state index in [2.05, 4.69) is 10.2 Å². The van der Waals surface area contributed by atoms with Gasteiger partial charge in [0.1, 0.15) is 0 Å². The second-order valence-electron chi connectivity index (χ2n) is 3.46. The number of hydrogen-bond donors (Lipinski definition) is 1. The van der Waals surface area contributed by atoms with Crippen LogP contribution in [0, 0.1) is 34.0 Å². The summed E-state index contributed by atoms with van der Waals surface area (Å²) in [7, 11) is 0. The van der Waals surface area contributed by atoms with Crippen molar-refractivity contribution in [2.75, 3.05) is 13.1 Å². The molecule has 2 unspecified atom stereocenters. The van der Waals surface area contributed by atoms with Crippen molar-refractivity contribution in [3.05, 3.63) is 0 Å². The van der Waals surface area contributed by atoms with Gasteiger partial charge in [0.15, 0.2) is 5.41 Å². The topological polar surface area (TPSA) is 115 Å². The number of nitrogens with two attached hydrogens (primary N) is 1. The van der Waals surface area contributed by atoms with E-state index in [1.54, 1.807) is 13.0 Å². The second kappa shape index (κ2) is 5.71. The number of azo groups is 1. The Bertz CT molecular complexity index is 337. The Balaban J connectivity index is 4.22. The summed E-state index contributed by atoms with van der Waals surface area (Å²) in [6.45, 7) is 3.30. The molecule has 0 rings (SSSR count). The minimum atomic E-state index is -1.32. The van der Waals surface area contributed by atoms with Crippen LogP contribution in [0.1, 0.15) is 13.8 Å². The average Bonchev–Trinajstić information content (AvgIpc) is 2.23. The Labute approximate surface area is 88.4 Å². The molecule has 0 saturated carbocycles. The van der Waals surface area contributed by atoms with Crippen molar-refractivity contribution >= 4 is 5.91 Å². The molecule has 0 heterocycles. The quantitative estimate of drug-likeness (QED) is 0.665. The lowest BCUT2D eigenvalue weighted by atomic mass is 9.92. The smallest absolute Gasteiger partial charge is 0.239 e. The van der Waals surface area contributed by atoms with E-state index < -0.39 is 11.3 Å². The van der Waals surface area contributed by atoms with Gasteiger partial charge in [-0.15, -0.1) is 0 Å². The molecule has 0 fully saturated rings. The van der Waals surface area contributed by atoms with E-state index in [0.29, 0.717) is 0 Å². The van der Waals surface area contributed by atoms with E-state index in [9.17, 15) is 4.79 Å². The van der Waals surface area contributed by atoms with E-state index in [4.69, 9.17) is 16.3 Å². The highest BCUT2D eigenvalue weighted by molar-refractivity contribution is 5.83. The van der Waals surface area contributed by atoms with Crippen LogP contribution in [0.25, 0.3) is 0 Å². The first-order valence-corrected chi connectivity index (χ1v) is 4.40. The maximum Gasteiger partial charge on any atom is 0.239 e. The van der Waals surface area contributed by atoms with Gasteiger partial charge in [0.2, 0.25) is 5.91 Å². The Morgan fingerprint density at radius 3 is 2.53 bits per heavy atom. The van der Waals surface area contributed by atoms with Gasteiger partial charge in [-0.25, -0.2) is 0 Å².